The first kappa shape index (κ1) is 11.7. The molecule has 1 aromatic rings. The van der Waals surface area contributed by atoms with Gasteiger partial charge in [0.05, 0.1) is 48.9 Å². The maximum absolute atomic E-state index is 9.30. The number of rotatable bonds is 2. The minimum atomic E-state index is -0.0704. The van der Waals surface area contributed by atoms with Gasteiger partial charge < -0.3 is 20.5 Å². The lowest BCUT2D eigenvalue weighted by Gasteiger charge is -2.36. The lowest BCUT2D eigenvalue weighted by Crippen LogP contribution is -2.47. The monoisotopic (exact) mass is 233 g/mol. The number of ether oxygens (including phenoxy) is 1. The predicted octanol–water partition coefficient (Wildman–Crippen LogP) is 0.338. The maximum atomic E-state index is 9.30. The topological polar surface area (TPSA) is 82.5 Å². The molecule has 0 aromatic heterocycles. The Labute approximate surface area is 100 Å². The van der Waals surface area contributed by atoms with Crippen molar-refractivity contribution in [3.8, 4) is 6.07 Å². The molecule has 1 aromatic carbocycles. The van der Waals surface area contributed by atoms with E-state index in [2.05, 4.69) is 6.07 Å². The Kier molecular flexibility index (Phi) is 3.47. The van der Waals surface area contributed by atoms with Crippen molar-refractivity contribution in [1.29, 1.82) is 5.26 Å². The third kappa shape index (κ3) is 2.33. The number of hydrogen-bond donors (Lipinski definition) is 2. The van der Waals surface area contributed by atoms with Crippen LogP contribution in [0.2, 0.25) is 0 Å². The molecule has 5 heteroatoms. The lowest BCUT2D eigenvalue weighted by atomic mass is 10.1. The van der Waals surface area contributed by atoms with Crippen LogP contribution in [0.25, 0.3) is 0 Å². The molecule has 0 radical (unpaired) electrons. The fourth-order valence-electron chi connectivity index (χ4n) is 2.01. The molecule has 3 N–H and O–H groups in total. The first-order valence-electron chi connectivity index (χ1n) is 5.51. The zero-order valence-electron chi connectivity index (χ0n) is 9.47. The maximum Gasteiger partial charge on any atom is 0.0992 e. The Balaban J connectivity index is 2.29. The van der Waals surface area contributed by atoms with E-state index in [9.17, 15) is 5.11 Å². The van der Waals surface area contributed by atoms with Crippen LogP contribution in [0.4, 0.5) is 11.4 Å². The fourth-order valence-corrected chi connectivity index (χ4v) is 2.01. The number of aliphatic hydroxyl groups is 1. The average Bonchev–Trinajstić information content (AvgIpc) is 2.38. The predicted molar refractivity (Wildman–Crippen MR) is 64.6 cm³/mol. The molecule has 0 amide bonds. The van der Waals surface area contributed by atoms with Gasteiger partial charge in [-0.05, 0) is 18.2 Å². The highest BCUT2D eigenvalue weighted by Crippen LogP contribution is 2.27. The van der Waals surface area contributed by atoms with Gasteiger partial charge in [0.25, 0.3) is 0 Å². The van der Waals surface area contributed by atoms with Gasteiger partial charge in [-0.3, -0.25) is 0 Å². The second-order valence-corrected chi connectivity index (χ2v) is 3.99. The van der Waals surface area contributed by atoms with Crippen LogP contribution in [0.5, 0.6) is 0 Å². The van der Waals surface area contributed by atoms with E-state index in [0.717, 1.165) is 5.69 Å². The van der Waals surface area contributed by atoms with Gasteiger partial charge in [-0.25, -0.2) is 0 Å². The van der Waals surface area contributed by atoms with Crippen LogP contribution < -0.4 is 10.6 Å². The third-order valence-corrected chi connectivity index (χ3v) is 2.90. The van der Waals surface area contributed by atoms with Crippen LogP contribution in [0.15, 0.2) is 18.2 Å². The van der Waals surface area contributed by atoms with Gasteiger partial charge in [0.1, 0.15) is 0 Å². The Bertz CT molecular complexity index is 442. The lowest BCUT2D eigenvalue weighted by molar-refractivity contribution is 0.0728. The van der Waals surface area contributed by atoms with Crippen molar-refractivity contribution in [2.24, 2.45) is 0 Å². The molecule has 0 saturated carbocycles. The largest absolute Gasteiger partial charge is 0.397 e. The molecular weight excluding hydrogens is 218 g/mol. The standard InChI is InChI=1S/C12H15N3O2/c13-6-9-1-2-12(11(14)5-9)15-3-4-17-8-10(15)7-16/h1-2,5,10,16H,3-4,7-8,14H2. The minimum Gasteiger partial charge on any atom is -0.397 e. The Morgan fingerprint density at radius 3 is 3.06 bits per heavy atom. The summed E-state index contributed by atoms with van der Waals surface area (Å²) in [6.07, 6.45) is 0. The van der Waals surface area contributed by atoms with E-state index >= 15 is 0 Å². The third-order valence-electron chi connectivity index (χ3n) is 2.90. The van der Waals surface area contributed by atoms with Crippen LogP contribution in [0, 0.1) is 11.3 Å². The highest BCUT2D eigenvalue weighted by Gasteiger charge is 2.23. The van der Waals surface area contributed by atoms with Crippen LogP contribution in [-0.4, -0.2) is 37.5 Å². The number of nitrogens with zero attached hydrogens (tertiary/aromatic N) is 2. The number of nitriles is 1. The quantitative estimate of drug-likeness (QED) is 0.720. The molecule has 0 aliphatic carbocycles. The van der Waals surface area contributed by atoms with E-state index in [0.29, 0.717) is 31.0 Å². The Morgan fingerprint density at radius 1 is 1.59 bits per heavy atom. The number of nitrogens with two attached hydrogens (primary N) is 1. The smallest absolute Gasteiger partial charge is 0.0992 e. The van der Waals surface area contributed by atoms with Crippen molar-refractivity contribution in [1.82, 2.24) is 0 Å². The second kappa shape index (κ2) is 5.04. The summed E-state index contributed by atoms with van der Waals surface area (Å²) in [5.41, 5.74) is 7.88. The summed E-state index contributed by atoms with van der Waals surface area (Å²) in [5.74, 6) is 0. The molecule has 17 heavy (non-hydrogen) atoms. The van der Waals surface area contributed by atoms with Crippen molar-refractivity contribution in [2.45, 2.75) is 6.04 Å². The molecule has 5 nitrogen and oxygen atoms in total. The molecule has 0 bridgehead atoms. The summed E-state index contributed by atoms with van der Waals surface area (Å²) >= 11 is 0. The zero-order chi connectivity index (χ0) is 12.3. The van der Waals surface area contributed by atoms with Gasteiger partial charge in [-0.15, -0.1) is 0 Å². The Morgan fingerprint density at radius 2 is 2.41 bits per heavy atom. The van der Waals surface area contributed by atoms with E-state index in [-0.39, 0.29) is 12.6 Å². The Hall–Kier alpha value is -1.77. The molecule has 1 aliphatic heterocycles. The summed E-state index contributed by atoms with van der Waals surface area (Å²) in [4.78, 5) is 2.03. The van der Waals surface area contributed by atoms with Gasteiger partial charge in [0.15, 0.2) is 0 Å². The SMILES string of the molecule is N#Cc1ccc(N2CCOCC2CO)c(N)c1. The van der Waals surface area contributed by atoms with Gasteiger partial charge >= 0.3 is 0 Å². The number of hydrogen-bond acceptors (Lipinski definition) is 5. The minimum absolute atomic E-state index is 0.0272. The first-order chi connectivity index (χ1) is 8.26. The highest BCUT2D eigenvalue weighted by atomic mass is 16.5. The van der Waals surface area contributed by atoms with Crippen molar-refractivity contribution >= 4 is 11.4 Å². The highest BCUT2D eigenvalue weighted by molar-refractivity contribution is 5.70. The summed E-state index contributed by atoms with van der Waals surface area (Å²) in [6, 6.07) is 7.19. The zero-order valence-corrected chi connectivity index (χ0v) is 9.47. The van der Waals surface area contributed by atoms with E-state index in [1.807, 2.05) is 11.0 Å². The van der Waals surface area contributed by atoms with Crippen molar-refractivity contribution in [3.05, 3.63) is 23.8 Å². The molecule has 1 fully saturated rings. The number of aliphatic hydroxyl groups excluding tert-OH is 1. The van der Waals surface area contributed by atoms with Crippen LogP contribution >= 0.6 is 0 Å². The normalized spacial score (nSPS) is 20.0. The molecule has 1 aliphatic rings. The van der Waals surface area contributed by atoms with Gasteiger partial charge in [0, 0.05) is 6.54 Å². The van der Waals surface area contributed by atoms with E-state index < -0.39 is 0 Å². The molecular formula is C12H15N3O2. The van der Waals surface area contributed by atoms with Gasteiger partial charge in [-0.1, -0.05) is 0 Å². The first-order valence-corrected chi connectivity index (χ1v) is 5.51. The van der Waals surface area contributed by atoms with Gasteiger partial charge in [-0.2, -0.15) is 5.26 Å². The number of benzene rings is 1. The van der Waals surface area contributed by atoms with Crippen molar-refractivity contribution in [2.75, 3.05) is 37.0 Å². The van der Waals surface area contributed by atoms with Crippen LogP contribution in [0.3, 0.4) is 0 Å². The van der Waals surface area contributed by atoms with Crippen molar-refractivity contribution in [3.63, 3.8) is 0 Å². The van der Waals surface area contributed by atoms with Crippen LogP contribution in [-0.2, 0) is 4.74 Å². The molecule has 0 spiro atoms. The molecule has 1 unspecified atom stereocenters. The molecule has 2 rings (SSSR count). The summed E-state index contributed by atoms with van der Waals surface area (Å²) in [6.45, 7) is 1.84. The molecule has 1 atom stereocenters. The summed E-state index contributed by atoms with van der Waals surface area (Å²) < 4.78 is 5.31. The molecule has 90 valence electrons. The summed E-state index contributed by atoms with van der Waals surface area (Å²) in [5, 5.41) is 18.1. The molecule has 1 saturated heterocycles. The van der Waals surface area contributed by atoms with Crippen molar-refractivity contribution < 1.29 is 9.84 Å². The fraction of sp³-hybridized carbons (Fsp3) is 0.417. The number of anilines is 2. The van der Waals surface area contributed by atoms with E-state index in [1.54, 1.807) is 12.1 Å². The van der Waals surface area contributed by atoms with E-state index in [1.165, 1.54) is 0 Å². The van der Waals surface area contributed by atoms with E-state index in [4.69, 9.17) is 15.7 Å². The summed E-state index contributed by atoms with van der Waals surface area (Å²) in [7, 11) is 0. The number of nitrogen functional groups attached to an aromatic ring is 1. The second-order valence-electron chi connectivity index (χ2n) is 3.99. The molecule has 1 heterocycles. The van der Waals surface area contributed by atoms with Crippen LogP contribution in [0.1, 0.15) is 5.56 Å². The number of morpholine rings is 1. The van der Waals surface area contributed by atoms with Gasteiger partial charge in [0.2, 0.25) is 0 Å². The average molecular weight is 233 g/mol.